The molecule has 4 rings (SSSR count). The molecule has 1 aromatic carbocycles. The zero-order valence-electron chi connectivity index (χ0n) is 18.6. The summed E-state index contributed by atoms with van der Waals surface area (Å²) in [5.41, 5.74) is 2.95. The molecular formula is C26H31N3O3. The fourth-order valence-corrected chi connectivity index (χ4v) is 4.94. The lowest BCUT2D eigenvalue weighted by Gasteiger charge is -2.57. The first-order valence-electron chi connectivity index (χ1n) is 11.3. The summed E-state index contributed by atoms with van der Waals surface area (Å²) in [6, 6.07) is 14.3. The summed E-state index contributed by atoms with van der Waals surface area (Å²) in [6.45, 7) is 2.97. The fourth-order valence-electron chi connectivity index (χ4n) is 4.94. The van der Waals surface area contributed by atoms with E-state index >= 15 is 0 Å². The minimum Gasteiger partial charge on any atom is -0.395 e. The van der Waals surface area contributed by atoms with Crippen LogP contribution in [-0.2, 0) is 16.0 Å². The van der Waals surface area contributed by atoms with Crippen molar-refractivity contribution in [1.82, 2.24) is 14.8 Å². The lowest BCUT2D eigenvalue weighted by Crippen LogP contribution is -2.68. The highest BCUT2D eigenvalue weighted by molar-refractivity contribution is 5.78. The molecule has 168 valence electrons. The van der Waals surface area contributed by atoms with Crippen molar-refractivity contribution in [1.29, 1.82) is 0 Å². The van der Waals surface area contributed by atoms with Gasteiger partial charge in [0.15, 0.2) is 0 Å². The van der Waals surface area contributed by atoms with Crippen molar-refractivity contribution in [2.24, 2.45) is 0 Å². The van der Waals surface area contributed by atoms with Crippen molar-refractivity contribution < 1.29 is 14.6 Å². The molecule has 1 N–H and O–H groups in total. The summed E-state index contributed by atoms with van der Waals surface area (Å²) in [5.74, 6) is 6.40. The third-order valence-electron chi connectivity index (χ3n) is 6.53. The largest absolute Gasteiger partial charge is 0.395 e. The van der Waals surface area contributed by atoms with E-state index in [9.17, 15) is 9.90 Å². The van der Waals surface area contributed by atoms with Crippen molar-refractivity contribution in [3.63, 3.8) is 0 Å². The number of ether oxygens (including phenoxy) is 1. The van der Waals surface area contributed by atoms with E-state index in [0.717, 1.165) is 37.2 Å². The normalized spacial score (nSPS) is 23.2. The van der Waals surface area contributed by atoms with Crippen molar-refractivity contribution in [2.75, 3.05) is 40.0 Å². The fraction of sp³-hybridized carbons (Fsp3) is 0.462. The summed E-state index contributed by atoms with van der Waals surface area (Å²) >= 11 is 0. The molecule has 0 saturated carbocycles. The van der Waals surface area contributed by atoms with Crippen LogP contribution in [-0.4, -0.2) is 77.8 Å². The molecule has 3 heterocycles. The number of amides is 1. The first-order valence-corrected chi connectivity index (χ1v) is 11.3. The monoisotopic (exact) mass is 433 g/mol. The Morgan fingerprint density at radius 1 is 1.19 bits per heavy atom. The van der Waals surface area contributed by atoms with Crippen LogP contribution in [0.15, 0.2) is 48.7 Å². The maximum absolute atomic E-state index is 13.1. The van der Waals surface area contributed by atoms with Gasteiger partial charge in [0.2, 0.25) is 5.91 Å². The van der Waals surface area contributed by atoms with Crippen LogP contribution in [0.4, 0.5) is 0 Å². The van der Waals surface area contributed by atoms with Crippen LogP contribution >= 0.6 is 0 Å². The molecule has 0 spiro atoms. The molecule has 3 atom stereocenters. The zero-order chi connectivity index (χ0) is 22.3. The molecule has 2 aliphatic heterocycles. The van der Waals surface area contributed by atoms with E-state index in [4.69, 9.17) is 4.74 Å². The second-order valence-electron chi connectivity index (χ2n) is 8.48. The smallest absolute Gasteiger partial charge is 0.228 e. The molecule has 1 aromatic heterocycles. The van der Waals surface area contributed by atoms with E-state index in [2.05, 4.69) is 33.9 Å². The second-order valence-corrected chi connectivity index (χ2v) is 8.48. The van der Waals surface area contributed by atoms with Crippen LogP contribution in [0.2, 0.25) is 0 Å². The second kappa shape index (κ2) is 10.7. The van der Waals surface area contributed by atoms with Gasteiger partial charge in [0, 0.05) is 55.7 Å². The molecular weight excluding hydrogens is 402 g/mol. The van der Waals surface area contributed by atoms with E-state index in [1.165, 1.54) is 5.56 Å². The molecule has 0 aliphatic carbocycles. The third-order valence-corrected chi connectivity index (χ3v) is 6.53. The number of aliphatic hydroxyl groups excluding tert-OH is 1. The maximum Gasteiger partial charge on any atom is 0.228 e. The average molecular weight is 434 g/mol. The van der Waals surface area contributed by atoms with Crippen molar-refractivity contribution >= 4 is 5.91 Å². The summed E-state index contributed by atoms with van der Waals surface area (Å²) in [5, 5.41) is 10.1. The topological polar surface area (TPSA) is 65.9 Å². The Morgan fingerprint density at radius 3 is 2.72 bits per heavy atom. The Morgan fingerprint density at radius 2 is 2.00 bits per heavy atom. The van der Waals surface area contributed by atoms with Gasteiger partial charge < -0.3 is 14.7 Å². The Labute approximate surface area is 190 Å². The van der Waals surface area contributed by atoms with Gasteiger partial charge in [0.1, 0.15) is 6.61 Å². The van der Waals surface area contributed by atoms with Gasteiger partial charge in [0.25, 0.3) is 0 Å². The Hall–Kier alpha value is -2.72. The number of hydrogen-bond donors (Lipinski definition) is 1. The van der Waals surface area contributed by atoms with Crippen molar-refractivity contribution in [3.05, 3.63) is 65.5 Å². The number of aliphatic hydroxyl groups is 1. The van der Waals surface area contributed by atoms with E-state index < -0.39 is 0 Å². The first kappa shape index (κ1) is 22.5. The molecule has 0 radical (unpaired) electrons. The van der Waals surface area contributed by atoms with Gasteiger partial charge in [-0.25, -0.2) is 0 Å². The third kappa shape index (κ3) is 5.02. The molecule has 2 aliphatic rings. The molecule has 0 unspecified atom stereocenters. The molecule has 6 nitrogen and oxygen atoms in total. The van der Waals surface area contributed by atoms with Crippen LogP contribution in [0.5, 0.6) is 0 Å². The van der Waals surface area contributed by atoms with Gasteiger partial charge in [0.05, 0.1) is 13.0 Å². The van der Waals surface area contributed by atoms with Crippen LogP contribution in [0.1, 0.15) is 35.6 Å². The molecule has 0 bridgehead atoms. The van der Waals surface area contributed by atoms with E-state index in [1.54, 1.807) is 13.3 Å². The van der Waals surface area contributed by atoms with E-state index in [0.29, 0.717) is 19.6 Å². The number of benzene rings is 1. The molecule has 1 amide bonds. The number of fused-ring (bicyclic) bond motifs is 1. The number of carbonyl (C=O) groups is 1. The molecule has 6 heteroatoms. The summed E-state index contributed by atoms with van der Waals surface area (Å²) in [4.78, 5) is 21.8. The SMILES string of the molecule is COCC#Cc1ccc([C@@H]2[C@H]3CN(C(=O)Cc4ccccn4)CCCCN3[C@H]2CO)cc1. The summed E-state index contributed by atoms with van der Waals surface area (Å²) in [6.07, 6.45) is 4.07. The number of aromatic nitrogens is 1. The van der Waals surface area contributed by atoms with Gasteiger partial charge in [-0.05, 0) is 49.2 Å². The lowest BCUT2D eigenvalue weighted by atomic mass is 9.74. The number of pyridine rings is 1. The predicted octanol–water partition coefficient (Wildman–Crippen LogP) is 2.07. The minimum absolute atomic E-state index is 0.0938. The predicted molar refractivity (Wildman–Crippen MR) is 123 cm³/mol. The van der Waals surface area contributed by atoms with Crippen molar-refractivity contribution in [2.45, 2.75) is 37.3 Å². The maximum atomic E-state index is 13.1. The van der Waals surface area contributed by atoms with Gasteiger partial charge in [-0.2, -0.15) is 0 Å². The van der Waals surface area contributed by atoms with Gasteiger partial charge in [-0.15, -0.1) is 0 Å². The number of carbonyl (C=O) groups excluding carboxylic acids is 1. The van der Waals surface area contributed by atoms with Gasteiger partial charge >= 0.3 is 0 Å². The van der Waals surface area contributed by atoms with Gasteiger partial charge in [-0.1, -0.05) is 30.0 Å². The summed E-state index contributed by atoms with van der Waals surface area (Å²) < 4.78 is 4.99. The number of methoxy groups -OCH3 is 1. The quantitative estimate of drug-likeness (QED) is 0.732. The van der Waals surface area contributed by atoms with Crippen LogP contribution in [0.25, 0.3) is 0 Å². The number of rotatable bonds is 5. The first-order chi connectivity index (χ1) is 15.7. The van der Waals surface area contributed by atoms with Crippen LogP contribution < -0.4 is 0 Å². The Kier molecular flexibility index (Phi) is 7.54. The number of hydrogen-bond acceptors (Lipinski definition) is 5. The van der Waals surface area contributed by atoms with Crippen LogP contribution in [0.3, 0.4) is 0 Å². The molecule has 32 heavy (non-hydrogen) atoms. The molecule has 2 fully saturated rings. The minimum atomic E-state index is 0.0938. The average Bonchev–Trinajstić information content (AvgIpc) is 2.80. The van der Waals surface area contributed by atoms with E-state index in [-0.39, 0.29) is 30.5 Å². The summed E-state index contributed by atoms with van der Waals surface area (Å²) in [7, 11) is 1.63. The highest BCUT2D eigenvalue weighted by Gasteiger charge is 2.49. The lowest BCUT2D eigenvalue weighted by molar-refractivity contribution is -0.135. The van der Waals surface area contributed by atoms with E-state index in [1.807, 2.05) is 35.2 Å². The molecule has 2 saturated heterocycles. The standard InChI is InChI=1S/C26H31N3O3/c1-32-16-6-7-20-9-11-21(12-10-20)26-23-18-28(14-4-5-15-29(23)24(26)19-30)25(31)17-22-8-2-3-13-27-22/h2-3,8-13,23-24,26,30H,4-5,14-19H2,1H3/t23-,24+,26-/m1/s1. The van der Waals surface area contributed by atoms with Gasteiger partial charge in [-0.3, -0.25) is 14.7 Å². The zero-order valence-corrected chi connectivity index (χ0v) is 18.6. The Bertz CT molecular complexity index is 952. The highest BCUT2D eigenvalue weighted by Crippen LogP contribution is 2.42. The highest BCUT2D eigenvalue weighted by atomic mass is 16.5. The number of nitrogens with zero attached hydrogens (tertiary/aromatic N) is 3. The molecule has 2 aromatic rings. The van der Waals surface area contributed by atoms with Crippen LogP contribution in [0, 0.1) is 11.8 Å². The Balaban J connectivity index is 1.50. The van der Waals surface area contributed by atoms with Crippen molar-refractivity contribution in [3.8, 4) is 11.8 Å².